The Hall–Kier alpha value is -0.110. The Morgan fingerprint density at radius 2 is 2.00 bits per heavy atom. The first-order valence-corrected chi connectivity index (χ1v) is 4.56. The van der Waals surface area contributed by atoms with Crippen molar-refractivity contribution >= 4 is 0 Å². The first-order chi connectivity index (χ1) is 5.13. The smallest absolute Gasteiger partial charge is 0.102 e. The summed E-state index contributed by atoms with van der Waals surface area (Å²) in [5.41, 5.74) is 5.89. The van der Waals surface area contributed by atoms with Gasteiger partial charge in [-0.2, -0.15) is 0 Å². The summed E-state index contributed by atoms with van der Waals surface area (Å²) in [4.78, 5) is 0. The molecule has 2 heteroatoms. The molecule has 2 saturated carbocycles. The molecule has 1 nitrogen and oxygen atoms in total. The highest BCUT2D eigenvalue weighted by Gasteiger charge is 2.53. The lowest BCUT2D eigenvalue weighted by molar-refractivity contribution is 0.183. The molecule has 0 bridgehead atoms. The van der Waals surface area contributed by atoms with Crippen molar-refractivity contribution in [2.45, 2.75) is 44.3 Å². The lowest BCUT2D eigenvalue weighted by Crippen LogP contribution is -2.38. The maximum Gasteiger partial charge on any atom is 0.102 e. The Kier molecular flexibility index (Phi) is 1.50. The second-order valence-electron chi connectivity index (χ2n) is 4.27. The molecule has 0 aromatic heterocycles. The number of nitrogens with two attached hydrogens (primary N) is 1. The van der Waals surface area contributed by atoms with Crippen LogP contribution in [0.4, 0.5) is 4.39 Å². The van der Waals surface area contributed by atoms with Crippen molar-refractivity contribution in [1.29, 1.82) is 0 Å². The van der Waals surface area contributed by atoms with Gasteiger partial charge in [0.05, 0.1) is 0 Å². The van der Waals surface area contributed by atoms with Gasteiger partial charge in [-0.1, -0.05) is 0 Å². The number of alkyl halides is 1. The molecule has 2 fully saturated rings. The van der Waals surface area contributed by atoms with Gasteiger partial charge in [0, 0.05) is 11.5 Å². The summed E-state index contributed by atoms with van der Waals surface area (Å²) in [5.74, 6) is 0.782. The molecule has 2 aliphatic carbocycles. The van der Waals surface area contributed by atoms with Crippen molar-refractivity contribution in [3.8, 4) is 0 Å². The fraction of sp³-hybridized carbons (Fsp3) is 1.00. The largest absolute Gasteiger partial charge is 0.325 e. The minimum absolute atomic E-state index is 0.102. The van der Waals surface area contributed by atoms with Crippen LogP contribution in [-0.2, 0) is 0 Å². The molecular formula is C9H16FN. The van der Waals surface area contributed by atoms with Crippen molar-refractivity contribution in [2.75, 3.05) is 0 Å². The zero-order chi connectivity index (χ0) is 8.06. The number of rotatable bonds is 3. The van der Waals surface area contributed by atoms with Crippen molar-refractivity contribution in [3.63, 3.8) is 0 Å². The van der Waals surface area contributed by atoms with Gasteiger partial charge >= 0.3 is 0 Å². The molecule has 0 heterocycles. The summed E-state index contributed by atoms with van der Waals surface area (Å²) >= 11 is 0. The second-order valence-corrected chi connectivity index (χ2v) is 4.27. The van der Waals surface area contributed by atoms with Gasteiger partial charge in [0.15, 0.2) is 0 Å². The van der Waals surface area contributed by atoms with E-state index in [2.05, 4.69) is 0 Å². The van der Waals surface area contributed by atoms with Crippen LogP contribution in [-0.4, -0.2) is 11.7 Å². The fourth-order valence-corrected chi connectivity index (χ4v) is 2.23. The summed E-state index contributed by atoms with van der Waals surface area (Å²) in [6.07, 6.45) is 3.80. The second kappa shape index (κ2) is 2.19. The van der Waals surface area contributed by atoms with Gasteiger partial charge in [0.25, 0.3) is 0 Å². The average molecular weight is 157 g/mol. The van der Waals surface area contributed by atoms with E-state index in [9.17, 15) is 4.39 Å². The van der Waals surface area contributed by atoms with Crippen LogP contribution in [0.5, 0.6) is 0 Å². The topological polar surface area (TPSA) is 26.0 Å². The monoisotopic (exact) mass is 157 g/mol. The summed E-state index contributed by atoms with van der Waals surface area (Å²) in [7, 11) is 0. The quantitative estimate of drug-likeness (QED) is 0.665. The van der Waals surface area contributed by atoms with Crippen LogP contribution in [0.3, 0.4) is 0 Å². The molecule has 0 aromatic carbocycles. The van der Waals surface area contributed by atoms with Crippen LogP contribution in [0, 0.1) is 11.8 Å². The van der Waals surface area contributed by atoms with E-state index in [1.54, 1.807) is 6.92 Å². The molecule has 2 unspecified atom stereocenters. The van der Waals surface area contributed by atoms with Crippen LogP contribution in [0.1, 0.15) is 32.6 Å². The minimum Gasteiger partial charge on any atom is -0.325 e. The van der Waals surface area contributed by atoms with E-state index in [4.69, 9.17) is 5.73 Å². The highest BCUT2D eigenvalue weighted by Crippen LogP contribution is 2.52. The predicted octanol–water partition coefficient (Wildman–Crippen LogP) is 1.86. The van der Waals surface area contributed by atoms with E-state index in [1.165, 1.54) is 12.8 Å². The lowest BCUT2D eigenvalue weighted by atomic mass is 9.89. The maximum atomic E-state index is 13.1. The molecule has 0 saturated heterocycles. The molecule has 0 spiro atoms. The molecule has 64 valence electrons. The molecule has 0 radical (unpaired) electrons. The van der Waals surface area contributed by atoms with Crippen molar-refractivity contribution in [2.24, 2.45) is 17.6 Å². The first kappa shape index (κ1) is 7.53. The molecule has 0 amide bonds. The summed E-state index contributed by atoms with van der Waals surface area (Å²) in [6, 6.07) is 0. The third-order valence-corrected chi connectivity index (χ3v) is 3.12. The zero-order valence-electron chi connectivity index (χ0n) is 7.02. The van der Waals surface area contributed by atoms with Crippen molar-refractivity contribution in [3.05, 3.63) is 0 Å². The first-order valence-electron chi connectivity index (χ1n) is 4.56. The van der Waals surface area contributed by atoms with E-state index in [1.807, 2.05) is 0 Å². The van der Waals surface area contributed by atoms with Gasteiger partial charge in [-0.25, -0.2) is 4.39 Å². The van der Waals surface area contributed by atoms with Gasteiger partial charge < -0.3 is 5.73 Å². The molecule has 11 heavy (non-hydrogen) atoms. The van der Waals surface area contributed by atoms with Gasteiger partial charge in [-0.15, -0.1) is 0 Å². The normalized spacial score (nSPS) is 33.0. The molecule has 2 rings (SSSR count). The summed E-state index contributed by atoms with van der Waals surface area (Å²) < 4.78 is 13.1. The molecule has 0 aromatic rings. The summed E-state index contributed by atoms with van der Waals surface area (Å²) in [5, 5.41) is 0. The predicted molar refractivity (Wildman–Crippen MR) is 42.9 cm³/mol. The Bertz CT molecular complexity index is 157. The maximum absolute atomic E-state index is 13.1. The van der Waals surface area contributed by atoms with Gasteiger partial charge in [0.2, 0.25) is 0 Å². The molecule has 0 aliphatic heterocycles. The van der Waals surface area contributed by atoms with Gasteiger partial charge in [-0.05, 0) is 38.5 Å². The molecule has 2 atom stereocenters. The van der Waals surface area contributed by atoms with E-state index in [-0.39, 0.29) is 11.5 Å². The highest BCUT2D eigenvalue weighted by molar-refractivity contribution is 5.09. The van der Waals surface area contributed by atoms with Crippen LogP contribution in [0.25, 0.3) is 0 Å². The zero-order valence-corrected chi connectivity index (χ0v) is 7.02. The molecular weight excluding hydrogens is 141 g/mol. The van der Waals surface area contributed by atoms with Crippen LogP contribution in [0.2, 0.25) is 0 Å². The number of hydrogen-bond acceptors (Lipinski definition) is 1. The Morgan fingerprint density at radius 3 is 2.27 bits per heavy atom. The van der Waals surface area contributed by atoms with Crippen LogP contribution < -0.4 is 5.73 Å². The Morgan fingerprint density at radius 1 is 1.45 bits per heavy atom. The Labute approximate surface area is 67.2 Å². The SMILES string of the molecule is CC(F)C(C1CC1)C1(N)CC1. The van der Waals surface area contributed by atoms with Crippen LogP contribution >= 0.6 is 0 Å². The lowest BCUT2D eigenvalue weighted by Gasteiger charge is -2.24. The minimum atomic E-state index is -0.699. The number of hydrogen-bond donors (Lipinski definition) is 1. The van der Waals surface area contributed by atoms with Crippen LogP contribution in [0.15, 0.2) is 0 Å². The standard InChI is InChI=1S/C9H16FN/c1-6(10)8(7-2-3-7)9(11)4-5-9/h6-8H,2-5,11H2,1H3. The highest BCUT2D eigenvalue weighted by atomic mass is 19.1. The number of halogens is 1. The molecule has 2 aliphatic rings. The third kappa shape index (κ3) is 1.28. The summed E-state index contributed by atoms with van der Waals surface area (Å²) in [6.45, 7) is 1.66. The van der Waals surface area contributed by atoms with E-state index in [0.29, 0.717) is 5.92 Å². The van der Waals surface area contributed by atoms with E-state index in [0.717, 1.165) is 12.8 Å². The van der Waals surface area contributed by atoms with Crippen molar-refractivity contribution in [1.82, 2.24) is 0 Å². The Balaban J connectivity index is 2.03. The van der Waals surface area contributed by atoms with E-state index >= 15 is 0 Å². The fourth-order valence-electron chi connectivity index (χ4n) is 2.23. The van der Waals surface area contributed by atoms with Crippen molar-refractivity contribution < 1.29 is 4.39 Å². The van der Waals surface area contributed by atoms with Gasteiger partial charge in [0.1, 0.15) is 6.17 Å². The average Bonchev–Trinajstić information content (AvgIpc) is 2.70. The third-order valence-electron chi connectivity index (χ3n) is 3.12. The van der Waals surface area contributed by atoms with Gasteiger partial charge in [-0.3, -0.25) is 0 Å². The molecule has 2 N–H and O–H groups in total. The van der Waals surface area contributed by atoms with E-state index < -0.39 is 6.17 Å².